The Morgan fingerprint density at radius 1 is 0.946 bits per heavy atom. The van der Waals surface area contributed by atoms with E-state index in [9.17, 15) is 4.79 Å². The Morgan fingerprint density at radius 3 is 2.49 bits per heavy atom. The number of nitrogen functional groups attached to an aromatic ring is 1. The SMILES string of the molecule is COc1cccc(NC(=O)Nc2ccc(Nc3cc(Nc4cc(C5CCCC5)[nH]n4)c(N)cn3)cc2)c1. The van der Waals surface area contributed by atoms with Crippen molar-refractivity contribution in [1.82, 2.24) is 15.2 Å². The summed E-state index contributed by atoms with van der Waals surface area (Å²) in [7, 11) is 1.58. The first-order chi connectivity index (χ1) is 18.1. The second-order valence-corrected chi connectivity index (χ2v) is 8.99. The van der Waals surface area contributed by atoms with E-state index < -0.39 is 0 Å². The van der Waals surface area contributed by atoms with Crippen LogP contribution in [0.15, 0.2) is 66.9 Å². The fourth-order valence-corrected chi connectivity index (χ4v) is 4.41. The molecule has 7 N–H and O–H groups in total. The normalized spacial score (nSPS) is 13.2. The number of hydrogen-bond donors (Lipinski definition) is 6. The van der Waals surface area contributed by atoms with E-state index in [0.717, 1.165) is 22.9 Å². The molecule has 37 heavy (non-hydrogen) atoms. The lowest BCUT2D eigenvalue weighted by Crippen LogP contribution is -2.19. The van der Waals surface area contributed by atoms with Gasteiger partial charge in [-0.05, 0) is 49.2 Å². The molecular formula is C27H30N8O2. The number of anilines is 7. The maximum Gasteiger partial charge on any atom is 0.323 e. The third-order valence-corrected chi connectivity index (χ3v) is 6.33. The fourth-order valence-electron chi connectivity index (χ4n) is 4.41. The number of pyridine rings is 1. The summed E-state index contributed by atoms with van der Waals surface area (Å²) in [6.45, 7) is 0. The monoisotopic (exact) mass is 498 g/mol. The summed E-state index contributed by atoms with van der Waals surface area (Å²) in [4.78, 5) is 16.7. The summed E-state index contributed by atoms with van der Waals surface area (Å²) in [6, 6.07) is 18.0. The van der Waals surface area contributed by atoms with E-state index in [4.69, 9.17) is 10.5 Å². The second kappa shape index (κ2) is 10.9. The molecule has 0 bridgehead atoms. The van der Waals surface area contributed by atoms with Gasteiger partial charge < -0.3 is 31.7 Å². The van der Waals surface area contributed by atoms with Crippen molar-refractivity contribution in [1.29, 1.82) is 0 Å². The van der Waals surface area contributed by atoms with E-state index in [1.165, 1.54) is 25.7 Å². The predicted octanol–water partition coefficient (Wildman–Crippen LogP) is 6.18. The van der Waals surface area contributed by atoms with Gasteiger partial charge in [-0.15, -0.1) is 0 Å². The Balaban J connectivity index is 1.19. The molecule has 0 unspecified atom stereocenters. The average Bonchev–Trinajstić information content (AvgIpc) is 3.60. The number of amides is 2. The standard InChI is InChI=1S/C27H30N8O2/c1-37-21-8-4-7-20(13-21)32-27(36)31-19-11-9-18(10-12-19)30-25-15-24(22(28)16-29-25)33-26-14-23(34-35-26)17-5-2-3-6-17/h4,7-17H,2-3,5-6,28H2,1H3,(H2,31,32,36)(H3,29,30,33,34,35). The van der Waals surface area contributed by atoms with Crippen molar-refractivity contribution < 1.29 is 9.53 Å². The quantitative estimate of drug-likeness (QED) is 0.170. The van der Waals surface area contributed by atoms with E-state index in [2.05, 4.69) is 42.5 Å². The molecule has 190 valence electrons. The number of carbonyl (C=O) groups is 1. The van der Waals surface area contributed by atoms with Crippen LogP contribution >= 0.6 is 0 Å². The van der Waals surface area contributed by atoms with Crippen molar-refractivity contribution in [3.05, 3.63) is 72.6 Å². The summed E-state index contributed by atoms with van der Waals surface area (Å²) in [5, 5.41) is 19.7. The second-order valence-electron chi connectivity index (χ2n) is 8.99. The highest BCUT2D eigenvalue weighted by atomic mass is 16.5. The zero-order valence-corrected chi connectivity index (χ0v) is 20.5. The highest BCUT2D eigenvalue weighted by molar-refractivity contribution is 6.00. The molecule has 0 aliphatic heterocycles. The van der Waals surface area contributed by atoms with Gasteiger partial charge in [0.05, 0.1) is 24.7 Å². The molecule has 0 saturated heterocycles. The summed E-state index contributed by atoms with van der Waals surface area (Å²) < 4.78 is 5.18. The minimum atomic E-state index is -0.348. The van der Waals surface area contributed by atoms with Crippen LogP contribution in [0.3, 0.4) is 0 Å². The number of ether oxygens (including phenoxy) is 1. The first kappa shape index (κ1) is 24.0. The maximum absolute atomic E-state index is 12.3. The van der Waals surface area contributed by atoms with Crippen LogP contribution in [0.4, 0.5) is 44.9 Å². The molecule has 10 nitrogen and oxygen atoms in total. The van der Waals surface area contributed by atoms with Gasteiger partial charge in [0.1, 0.15) is 11.6 Å². The number of rotatable bonds is 8. The molecule has 2 amide bonds. The summed E-state index contributed by atoms with van der Waals surface area (Å²) in [5.41, 5.74) is 10.7. The van der Waals surface area contributed by atoms with Crippen LogP contribution in [0.25, 0.3) is 0 Å². The number of methoxy groups -OCH3 is 1. The van der Waals surface area contributed by atoms with Crippen LogP contribution in [-0.2, 0) is 0 Å². The summed E-state index contributed by atoms with van der Waals surface area (Å²) in [5.74, 6) is 2.58. The number of nitrogens with one attached hydrogen (secondary N) is 5. The molecule has 0 spiro atoms. The van der Waals surface area contributed by atoms with Gasteiger partial charge >= 0.3 is 6.03 Å². The Bertz CT molecular complexity index is 1360. The Labute approximate surface area is 215 Å². The van der Waals surface area contributed by atoms with Crippen LogP contribution in [0.2, 0.25) is 0 Å². The molecular weight excluding hydrogens is 468 g/mol. The van der Waals surface area contributed by atoms with Gasteiger partial charge in [-0.2, -0.15) is 5.10 Å². The summed E-state index contributed by atoms with van der Waals surface area (Å²) in [6.07, 6.45) is 6.55. The fraction of sp³-hybridized carbons (Fsp3) is 0.222. The van der Waals surface area contributed by atoms with E-state index >= 15 is 0 Å². The predicted molar refractivity (Wildman–Crippen MR) is 147 cm³/mol. The minimum absolute atomic E-state index is 0.348. The van der Waals surface area contributed by atoms with Crippen LogP contribution in [0.5, 0.6) is 5.75 Å². The molecule has 0 atom stereocenters. The number of nitrogens with two attached hydrogens (primary N) is 1. The molecule has 1 aliphatic rings. The first-order valence-electron chi connectivity index (χ1n) is 12.2. The molecule has 2 aromatic carbocycles. The first-order valence-corrected chi connectivity index (χ1v) is 12.2. The number of carbonyl (C=O) groups excluding carboxylic acids is 1. The van der Waals surface area contributed by atoms with Crippen molar-refractivity contribution in [2.45, 2.75) is 31.6 Å². The molecule has 1 fully saturated rings. The number of aromatic nitrogens is 3. The van der Waals surface area contributed by atoms with Crippen LogP contribution in [-0.4, -0.2) is 28.3 Å². The smallest absolute Gasteiger partial charge is 0.323 e. The van der Waals surface area contributed by atoms with Crippen molar-refractivity contribution >= 4 is 46.1 Å². The lowest BCUT2D eigenvalue weighted by molar-refractivity contribution is 0.262. The molecule has 1 saturated carbocycles. The Hall–Kier alpha value is -4.73. The maximum atomic E-state index is 12.3. The number of H-pyrrole nitrogens is 1. The molecule has 4 aromatic rings. The number of nitrogens with zero attached hydrogens (tertiary/aromatic N) is 2. The highest BCUT2D eigenvalue weighted by Gasteiger charge is 2.19. The van der Waals surface area contributed by atoms with E-state index in [-0.39, 0.29) is 6.03 Å². The van der Waals surface area contributed by atoms with Crippen LogP contribution < -0.4 is 31.7 Å². The van der Waals surface area contributed by atoms with Gasteiger partial charge in [0, 0.05) is 46.9 Å². The van der Waals surface area contributed by atoms with Gasteiger partial charge in [0.15, 0.2) is 5.82 Å². The minimum Gasteiger partial charge on any atom is -0.497 e. The van der Waals surface area contributed by atoms with Gasteiger partial charge in [0.2, 0.25) is 0 Å². The number of aromatic amines is 1. The third kappa shape index (κ3) is 6.10. The molecule has 0 radical (unpaired) electrons. The molecule has 2 aromatic heterocycles. The lowest BCUT2D eigenvalue weighted by atomic mass is 10.0. The third-order valence-electron chi connectivity index (χ3n) is 6.33. The van der Waals surface area contributed by atoms with E-state index in [0.29, 0.717) is 34.5 Å². The van der Waals surface area contributed by atoms with Gasteiger partial charge in [0.25, 0.3) is 0 Å². The highest BCUT2D eigenvalue weighted by Crippen LogP contribution is 2.34. The van der Waals surface area contributed by atoms with Gasteiger partial charge in [-0.25, -0.2) is 9.78 Å². The molecule has 1 aliphatic carbocycles. The van der Waals surface area contributed by atoms with E-state index in [1.807, 2.05) is 30.3 Å². The van der Waals surface area contributed by atoms with Crippen molar-refractivity contribution in [3.8, 4) is 5.75 Å². The summed E-state index contributed by atoms with van der Waals surface area (Å²) >= 11 is 0. The molecule has 10 heteroatoms. The molecule has 2 heterocycles. The van der Waals surface area contributed by atoms with Gasteiger partial charge in [-0.1, -0.05) is 18.9 Å². The Kier molecular flexibility index (Phi) is 7.07. The van der Waals surface area contributed by atoms with Crippen LogP contribution in [0, 0.1) is 0 Å². The average molecular weight is 499 g/mol. The number of hydrogen-bond acceptors (Lipinski definition) is 7. The van der Waals surface area contributed by atoms with Crippen molar-refractivity contribution in [3.63, 3.8) is 0 Å². The largest absolute Gasteiger partial charge is 0.497 e. The zero-order chi connectivity index (χ0) is 25.6. The number of urea groups is 1. The lowest BCUT2D eigenvalue weighted by Gasteiger charge is -2.12. The van der Waals surface area contributed by atoms with Crippen molar-refractivity contribution in [2.75, 3.05) is 34.1 Å². The van der Waals surface area contributed by atoms with Gasteiger partial charge in [-0.3, -0.25) is 5.10 Å². The Morgan fingerprint density at radius 2 is 1.70 bits per heavy atom. The van der Waals surface area contributed by atoms with Crippen LogP contribution in [0.1, 0.15) is 37.3 Å². The topological polar surface area (TPSA) is 142 Å². The zero-order valence-electron chi connectivity index (χ0n) is 20.5. The number of benzene rings is 2. The van der Waals surface area contributed by atoms with E-state index in [1.54, 1.807) is 37.6 Å². The molecule has 5 rings (SSSR count). The van der Waals surface area contributed by atoms with Crippen molar-refractivity contribution in [2.24, 2.45) is 0 Å².